The second-order valence-corrected chi connectivity index (χ2v) is 8.29. The van der Waals surface area contributed by atoms with E-state index in [0.717, 1.165) is 28.8 Å². The van der Waals surface area contributed by atoms with Gasteiger partial charge in [0.2, 0.25) is 5.89 Å². The summed E-state index contributed by atoms with van der Waals surface area (Å²) in [5.74, 6) is -0.108. The van der Waals surface area contributed by atoms with Gasteiger partial charge in [0, 0.05) is 22.3 Å². The molecule has 0 radical (unpaired) electrons. The fraction of sp³-hybridized carbons (Fsp3) is 0.138. The van der Waals surface area contributed by atoms with Crippen LogP contribution in [0.25, 0.3) is 28.2 Å². The van der Waals surface area contributed by atoms with Crippen LogP contribution in [0.1, 0.15) is 29.1 Å². The maximum atomic E-state index is 13.5. The van der Waals surface area contributed by atoms with Crippen molar-refractivity contribution in [1.29, 1.82) is 0 Å². The van der Waals surface area contributed by atoms with Crippen molar-refractivity contribution in [1.82, 2.24) is 4.98 Å². The number of allylic oxidation sites excluding steroid dienone is 2. The summed E-state index contributed by atoms with van der Waals surface area (Å²) in [7, 11) is 0. The third kappa shape index (κ3) is 4.77. The van der Waals surface area contributed by atoms with Crippen molar-refractivity contribution in [3.8, 4) is 28.3 Å². The highest BCUT2D eigenvalue weighted by Crippen LogP contribution is 2.40. The summed E-state index contributed by atoms with van der Waals surface area (Å²) in [5, 5.41) is 8.86. The van der Waals surface area contributed by atoms with Gasteiger partial charge < -0.3 is 14.3 Å². The van der Waals surface area contributed by atoms with Gasteiger partial charge in [0.1, 0.15) is 11.4 Å². The van der Waals surface area contributed by atoms with Crippen LogP contribution in [0.5, 0.6) is 5.75 Å². The minimum absolute atomic E-state index is 0.0738. The topological polar surface area (TPSA) is 89.6 Å². The number of ketones is 1. The van der Waals surface area contributed by atoms with Gasteiger partial charge in [-0.2, -0.15) is 0 Å². The molecule has 5 rings (SSSR count). The normalized spacial score (nSPS) is 15.0. The number of carboxylic acids is 1. The van der Waals surface area contributed by atoms with Gasteiger partial charge in [-0.3, -0.25) is 4.79 Å². The average molecular weight is 466 g/mol. The largest absolute Gasteiger partial charge is 0.482 e. The van der Waals surface area contributed by atoms with Crippen molar-refractivity contribution < 1.29 is 23.8 Å². The van der Waals surface area contributed by atoms with Crippen molar-refractivity contribution in [3.05, 3.63) is 102 Å². The number of ether oxygens (including phenoxy) is 1. The predicted molar refractivity (Wildman–Crippen MR) is 132 cm³/mol. The molecule has 1 atom stereocenters. The SMILES string of the molecule is O=C(O)COc1cccc(C(=O)C2CCC=C2c2nc(-c3ccccc3)c(-c3ccccc3)o2)c1. The summed E-state index contributed by atoms with van der Waals surface area (Å²) in [6, 6.07) is 26.3. The Bertz CT molecular complexity index is 1330. The predicted octanol–water partition coefficient (Wildman–Crippen LogP) is 6.15. The van der Waals surface area contributed by atoms with Crippen LogP contribution in [0.2, 0.25) is 0 Å². The molecule has 6 nitrogen and oxygen atoms in total. The number of hydrogen-bond donors (Lipinski definition) is 1. The summed E-state index contributed by atoms with van der Waals surface area (Å²) in [6.07, 6.45) is 3.41. The molecule has 1 aliphatic rings. The van der Waals surface area contributed by atoms with Gasteiger partial charge in [-0.25, -0.2) is 9.78 Å². The van der Waals surface area contributed by atoms with E-state index in [-0.39, 0.29) is 5.78 Å². The molecule has 1 N–H and O–H groups in total. The molecule has 4 aromatic rings. The minimum atomic E-state index is -1.07. The molecule has 35 heavy (non-hydrogen) atoms. The Morgan fingerprint density at radius 1 is 0.943 bits per heavy atom. The maximum absolute atomic E-state index is 13.5. The smallest absolute Gasteiger partial charge is 0.341 e. The summed E-state index contributed by atoms with van der Waals surface area (Å²) >= 11 is 0. The minimum Gasteiger partial charge on any atom is -0.482 e. The molecule has 1 unspecified atom stereocenters. The molecule has 0 spiro atoms. The lowest BCUT2D eigenvalue weighted by molar-refractivity contribution is -0.139. The monoisotopic (exact) mass is 465 g/mol. The number of benzene rings is 3. The molecular formula is C29H23NO5. The second-order valence-electron chi connectivity index (χ2n) is 8.29. The van der Waals surface area contributed by atoms with Crippen LogP contribution in [-0.2, 0) is 4.79 Å². The molecule has 6 heteroatoms. The lowest BCUT2D eigenvalue weighted by Gasteiger charge is -2.13. The van der Waals surface area contributed by atoms with Crippen molar-refractivity contribution >= 4 is 17.3 Å². The number of carboxylic acid groups (broad SMARTS) is 1. The van der Waals surface area contributed by atoms with Crippen LogP contribution in [0.15, 0.2) is 95.4 Å². The van der Waals surface area contributed by atoms with Crippen LogP contribution >= 0.6 is 0 Å². The standard InChI is InChI=1S/C29H23NO5/c31-25(32)18-34-22-14-7-13-21(17-22)27(33)23-15-8-16-24(23)29-30-26(19-9-3-1-4-10-19)28(35-29)20-11-5-2-6-12-20/h1-7,9-14,16-17,23H,8,15,18H2,(H,31,32). The van der Waals surface area contributed by atoms with E-state index in [0.29, 0.717) is 29.4 Å². The van der Waals surface area contributed by atoms with E-state index in [1.807, 2.05) is 66.7 Å². The lowest BCUT2D eigenvalue weighted by atomic mass is 9.91. The molecular weight excluding hydrogens is 442 g/mol. The van der Waals surface area contributed by atoms with Crippen LogP contribution in [0.3, 0.4) is 0 Å². The van der Waals surface area contributed by atoms with E-state index < -0.39 is 18.5 Å². The van der Waals surface area contributed by atoms with Gasteiger partial charge in [0.25, 0.3) is 0 Å². The van der Waals surface area contributed by atoms with Crippen LogP contribution in [0.4, 0.5) is 0 Å². The third-order valence-corrected chi connectivity index (χ3v) is 5.95. The molecule has 174 valence electrons. The van der Waals surface area contributed by atoms with Crippen molar-refractivity contribution in [2.75, 3.05) is 6.61 Å². The number of carbonyl (C=O) groups is 2. The first-order valence-corrected chi connectivity index (χ1v) is 11.4. The molecule has 1 aliphatic carbocycles. The van der Waals surface area contributed by atoms with E-state index in [1.165, 1.54) is 0 Å². The number of oxazole rings is 1. The first-order valence-electron chi connectivity index (χ1n) is 11.4. The van der Waals surface area contributed by atoms with Crippen molar-refractivity contribution in [2.24, 2.45) is 5.92 Å². The first-order chi connectivity index (χ1) is 17.1. The lowest BCUT2D eigenvalue weighted by Crippen LogP contribution is -2.15. The van der Waals surface area contributed by atoms with Crippen LogP contribution in [0, 0.1) is 5.92 Å². The van der Waals surface area contributed by atoms with Gasteiger partial charge in [-0.1, -0.05) is 78.9 Å². The zero-order chi connectivity index (χ0) is 24.2. The Hall–Kier alpha value is -4.45. The van der Waals surface area contributed by atoms with Gasteiger partial charge in [0.05, 0.1) is 5.92 Å². The number of carbonyl (C=O) groups excluding carboxylic acids is 1. The molecule has 3 aromatic carbocycles. The zero-order valence-corrected chi connectivity index (χ0v) is 18.9. The Kier molecular flexibility index (Phi) is 6.26. The van der Waals surface area contributed by atoms with Gasteiger partial charge in [-0.15, -0.1) is 0 Å². The van der Waals surface area contributed by atoms with E-state index in [1.54, 1.807) is 24.3 Å². The number of Topliss-reactive ketones (excluding diaryl/α,β-unsaturated/α-hetero) is 1. The molecule has 0 saturated heterocycles. The highest BCUT2D eigenvalue weighted by molar-refractivity contribution is 6.05. The molecule has 0 fully saturated rings. The zero-order valence-electron chi connectivity index (χ0n) is 18.9. The number of aromatic nitrogens is 1. The maximum Gasteiger partial charge on any atom is 0.341 e. The number of hydrogen-bond acceptors (Lipinski definition) is 5. The number of rotatable bonds is 8. The molecule has 0 bridgehead atoms. The van der Waals surface area contributed by atoms with E-state index in [9.17, 15) is 9.59 Å². The van der Waals surface area contributed by atoms with E-state index in [4.69, 9.17) is 19.2 Å². The Labute approximate surface area is 202 Å². The van der Waals surface area contributed by atoms with Crippen LogP contribution < -0.4 is 4.74 Å². The van der Waals surface area contributed by atoms with E-state index in [2.05, 4.69) is 0 Å². The fourth-order valence-electron chi connectivity index (χ4n) is 4.32. The summed E-state index contributed by atoms with van der Waals surface area (Å²) in [5.41, 5.74) is 3.81. The van der Waals surface area contributed by atoms with Crippen LogP contribution in [-0.4, -0.2) is 28.4 Å². The number of nitrogens with zero attached hydrogens (tertiary/aromatic N) is 1. The molecule has 0 aliphatic heterocycles. The molecule has 1 aromatic heterocycles. The third-order valence-electron chi connectivity index (χ3n) is 5.95. The van der Waals surface area contributed by atoms with Crippen molar-refractivity contribution in [2.45, 2.75) is 12.8 Å². The molecule has 0 amide bonds. The van der Waals surface area contributed by atoms with Crippen molar-refractivity contribution in [3.63, 3.8) is 0 Å². The van der Waals surface area contributed by atoms with E-state index >= 15 is 0 Å². The highest BCUT2D eigenvalue weighted by atomic mass is 16.5. The summed E-state index contributed by atoms with van der Waals surface area (Å²) in [6.45, 7) is -0.465. The Morgan fingerprint density at radius 3 is 2.37 bits per heavy atom. The summed E-state index contributed by atoms with van der Waals surface area (Å²) in [4.78, 5) is 29.1. The highest BCUT2D eigenvalue weighted by Gasteiger charge is 2.32. The summed E-state index contributed by atoms with van der Waals surface area (Å²) < 4.78 is 11.6. The Morgan fingerprint density at radius 2 is 1.66 bits per heavy atom. The fourth-order valence-corrected chi connectivity index (χ4v) is 4.32. The second kappa shape index (κ2) is 9.81. The molecule has 1 heterocycles. The first kappa shape index (κ1) is 22.3. The van der Waals surface area contributed by atoms with Gasteiger partial charge in [0.15, 0.2) is 18.2 Å². The van der Waals surface area contributed by atoms with Gasteiger partial charge in [-0.05, 0) is 25.0 Å². The Balaban J connectivity index is 1.48. The quantitative estimate of drug-likeness (QED) is 0.314. The van der Waals surface area contributed by atoms with Gasteiger partial charge >= 0.3 is 5.97 Å². The average Bonchev–Trinajstić information content (AvgIpc) is 3.56. The molecule has 0 saturated carbocycles. The number of aliphatic carboxylic acids is 1.